The lowest BCUT2D eigenvalue weighted by Crippen LogP contribution is -2.39. The maximum Gasteiger partial charge on any atom is 0.243 e. The van der Waals surface area contributed by atoms with Crippen molar-refractivity contribution in [2.45, 2.75) is 13.3 Å². The Morgan fingerprint density at radius 2 is 1.79 bits per heavy atom. The quantitative estimate of drug-likeness (QED) is 0.770. The summed E-state index contributed by atoms with van der Waals surface area (Å²) in [6.07, 6.45) is 0.152. The third-order valence-electron chi connectivity index (χ3n) is 4.70. The number of nitrogens with one attached hydrogen (secondary N) is 1. The summed E-state index contributed by atoms with van der Waals surface area (Å²) in [6.45, 7) is 2.23. The van der Waals surface area contributed by atoms with E-state index in [2.05, 4.69) is 21.2 Å². The Kier molecular flexibility index (Phi) is 6.14. The summed E-state index contributed by atoms with van der Waals surface area (Å²) in [5, 5.41) is 2.78. The maximum absolute atomic E-state index is 12.7. The molecule has 0 spiro atoms. The first-order chi connectivity index (χ1) is 13.3. The van der Waals surface area contributed by atoms with Gasteiger partial charge in [-0.15, -0.1) is 0 Å². The number of aryl methyl sites for hydroxylation is 1. The van der Waals surface area contributed by atoms with Gasteiger partial charge < -0.3 is 15.1 Å². The number of hydrogen-bond acceptors (Lipinski definition) is 3. The summed E-state index contributed by atoms with van der Waals surface area (Å²) in [7, 11) is 1.59. The topological polar surface area (TPSA) is 69.7 Å². The van der Waals surface area contributed by atoms with Crippen LogP contribution in [0.25, 0.3) is 0 Å². The Morgan fingerprint density at radius 1 is 1.14 bits per heavy atom. The minimum Gasteiger partial charge on any atom is -0.336 e. The highest BCUT2D eigenvalue weighted by molar-refractivity contribution is 9.10. The van der Waals surface area contributed by atoms with Crippen molar-refractivity contribution in [2.24, 2.45) is 5.92 Å². The fraction of sp³-hybridized carbons (Fsp3) is 0.286. The molecular weight excluding hydrogens is 422 g/mol. The lowest BCUT2D eigenvalue weighted by molar-refractivity contribution is -0.137. The van der Waals surface area contributed by atoms with Crippen LogP contribution in [0.4, 0.5) is 11.4 Å². The SMILES string of the molecule is Cc1ccc(NC(=O)CN(C)C(=O)C2CC(=O)N(c3ccc(Br)cc3)C2)cc1. The smallest absolute Gasteiger partial charge is 0.243 e. The number of carbonyl (C=O) groups is 3. The van der Waals surface area contributed by atoms with E-state index in [-0.39, 0.29) is 30.7 Å². The van der Waals surface area contributed by atoms with Gasteiger partial charge in [-0.1, -0.05) is 33.6 Å². The summed E-state index contributed by atoms with van der Waals surface area (Å²) in [4.78, 5) is 40.3. The lowest BCUT2D eigenvalue weighted by Gasteiger charge is -2.21. The largest absolute Gasteiger partial charge is 0.336 e. The zero-order valence-corrected chi connectivity index (χ0v) is 17.4. The van der Waals surface area contributed by atoms with E-state index in [4.69, 9.17) is 0 Å². The van der Waals surface area contributed by atoms with Crippen molar-refractivity contribution in [1.29, 1.82) is 0 Å². The van der Waals surface area contributed by atoms with Gasteiger partial charge in [-0.3, -0.25) is 14.4 Å². The fourth-order valence-electron chi connectivity index (χ4n) is 3.19. The third-order valence-corrected chi connectivity index (χ3v) is 5.23. The van der Waals surface area contributed by atoms with Crippen molar-refractivity contribution in [2.75, 3.05) is 30.4 Å². The first kappa shape index (κ1) is 20.1. The predicted octanol–water partition coefficient (Wildman–Crippen LogP) is 3.21. The normalized spacial score (nSPS) is 16.2. The number of hydrogen-bond donors (Lipinski definition) is 1. The van der Waals surface area contributed by atoms with Crippen LogP contribution in [0, 0.1) is 12.8 Å². The van der Waals surface area contributed by atoms with Crippen molar-refractivity contribution >= 4 is 45.0 Å². The van der Waals surface area contributed by atoms with Gasteiger partial charge in [0, 0.05) is 35.9 Å². The Hall–Kier alpha value is -2.67. The Balaban J connectivity index is 1.57. The number of halogens is 1. The zero-order valence-electron chi connectivity index (χ0n) is 15.8. The summed E-state index contributed by atoms with van der Waals surface area (Å²) >= 11 is 3.37. The van der Waals surface area contributed by atoms with Crippen LogP contribution in [-0.2, 0) is 14.4 Å². The Labute approximate surface area is 172 Å². The Morgan fingerprint density at radius 3 is 2.43 bits per heavy atom. The zero-order chi connectivity index (χ0) is 20.3. The second-order valence-electron chi connectivity index (χ2n) is 6.99. The summed E-state index contributed by atoms with van der Waals surface area (Å²) in [5.41, 5.74) is 2.56. The van der Waals surface area contributed by atoms with Gasteiger partial charge in [-0.25, -0.2) is 0 Å². The van der Waals surface area contributed by atoms with Gasteiger partial charge in [0.2, 0.25) is 17.7 Å². The van der Waals surface area contributed by atoms with Gasteiger partial charge in [0.05, 0.1) is 12.5 Å². The van der Waals surface area contributed by atoms with E-state index in [0.717, 1.165) is 15.7 Å². The first-order valence-corrected chi connectivity index (χ1v) is 9.80. The van der Waals surface area contributed by atoms with Gasteiger partial charge in [0.25, 0.3) is 0 Å². The number of carbonyl (C=O) groups excluding carboxylic acids is 3. The molecule has 1 aliphatic heterocycles. The van der Waals surface area contributed by atoms with Crippen LogP contribution < -0.4 is 10.2 Å². The molecule has 2 aromatic carbocycles. The fourth-order valence-corrected chi connectivity index (χ4v) is 3.45. The van der Waals surface area contributed by atoms with Crippen molar-refractivity contribution in [3.8, 4) is 0 Å². The van der Waals surface area contributed by atoms with Crippen molar-refractivity contribution in [3.05, 3.63) is 58.6 Å². The summed E-state index contributed by atoms with van der Waals surface area (Å²) in [5.74, 6) is -1.01. The highest BCUT2D eigenvalue weighted by atomic mass is 79.9. The molecule has 0 saturated carbocycles. The van der Waals surface area contributed by atoms with Crippen LogP contribution in [0.1, 0.15) is 12.0 Å². The van der Waals surface area contributed by atoms with E-state index >= 15 is 0 Å². The molecule has 1 saturated heterocycles. The molecule has 1 fully saturated rings. The number of benzene rings is 2. The van der Waals surface area contributed by atoms with Crippen molar-refractivity contribution in [1.82, 2.24) is 4.90 Å². The molecule has 1 unspecified atom stereocenters. The molecule has 0 radical (unpaired) electrons. The predicted molar refractivity (Wildman–Crippen MR) is 112 cm³/mol. The van der Waals surface area contributed by atoms with Crippen LogP contribution in [-0.4, -0.2) is 42.8 Å². The number of rotatable bonds is 5. The summed E-state index contributed by atoms with van der Waals surface area (Å²) in [6, 6.07) is 14.9. The number of nitrogens with zero attached hydrogens (tertiary/aromatic N) is 2. The maximum atomic E-state index is 12.7. The second-order valence-corrected chi connectivity index (χ2v) is 7.91. The van der Waals surface area contributed by atoms with E-state index < -0.39 is 5.92 Å². The van der Waals surface area contributed by atoms with E-state index in [1.54, 1.807) is 11.9 Å². The van der Waals surface area contributed by atoms with Gasteiger partial charge in [0.15, 0.2) is 0 Å². The minimum atomic E-state index is -0.451. The molecule has 3 amide bonds. The molecule has 3 rings (SSSR count). The molecule has 0 aliphatic carbocycles. The molecular formula is C21H22BrN3O3. The molecule has 0 aromatic heterocycles. The van der Waals surface area contributed by atoms with E-state index in [9.17, 15) is 14.4 Å². The number of anilines is 2. The minimum absolute atomic E-state index is 0.0598. The molecule has 146 valence electrons. The average Bonchev–Trinajstić information content (AvgIpc) is 3.05. The van der Waals surface area contributed by atoms with Crippen LogP contribution in [0.5, 0.6) is 0 Å². The number of amides is 3. The average molecular weight is 444 g/mol. The van der Waals surface area contributed by atoms with Gasteiger partial charge in [-0.05, 0) is 43.3 Å². The van der Waals surface area contributed by atoms with E-state index in [0.29, 0.717) is 12.2 Å². The molecule has 1 heterocycles. The molecule has 1 atom stereocenters. The first-order valence-electron chi connectivity index (χ1n) is 9.01. The molecule has 2 aromatic rings. The molecule has 28 heavy (non-hydrogen) atoms. The molecule has 1 N–H and O–H groups in total. The van der Waals surface area contributed by atoms with Crippen LogP contribution in [0.3, 0.4) is 0 Å². The number of likely N-dealkylation sites (N-methyl/N-ethyl adjacent to an activating group) is 1. The second kappa shape index (κ2) is 8.56. The van der Waals surface area contributed by atoms with Crippen LogP contribution in [0.15, 0.2) is 53.0 Å². The molecule has 1 aliphatic rings. The van der Waals surface area contributed by atoms with Gasteiger partial charge in [0.1, 0.15) is 0 Å². The van der Waals surface area contributed by atoms with Crippen molar-refractivity contribution in [3.63, 3.8) is 0 Å². The Bertz CT molecular complexity index is 881. The lowest BCUT2D eigenvalue weighted by atomic mass is 10.1. The van der Waals surface area contributed by atoms with E-state index in [1.807, 2.05) is 55.5 Å². The van der Waals surface area contributed by atoms with Crippen LogP contribution >= 0.6 is 15.9 Å². The molecule has 7 heteroatoms. The highest BCUT2D eigenvalue weighted by Gasteiger charge is 2.36. The highest BCUT2D eigenvalue weighted by Crippen LogP contribution is 2.27. The monoisotopic (exact) mass is 443 g/mol. The van der Waals surface area contributed by atoms with Gasteiger partial charge >= 0.3 is 0 Å². The molecule has 0 bridgehead atoms. The molecule has 6 nitrogen and oxygen atoms in total. The van der Waals surface area contributed by atoms with E-state index in [1.165, 1.54) is 4.90 Å². The van der Waals surface area contributed by atoms with Crippen molar-refractivity contribution < 1.29 is 14.4 Å². The summed E-state index contributed by atoms with van der Waals surface area (Å²) < 4.78 is 0.926. The third kappa shape index (κ3) is 4.78. The van der Waals surface area contributed by atoms with Crippen LogP contribution in [0.2, 0.25) is 0 Å². The standard InChI is InChI=1S/C21H22BrN3O3/c1-14-3-7-17(8-4-14)23-19(26)13-24(2)21(28)15-11-20(27)25(12-15)18-9-5-16(22)6-10-18/h3-10,15H,11-13H2,1-2H3,(H,23,26). The van der Waals surface area contributed by atoms with Gasteiger partial charge in [-0.2, -0.15) is 0 Å².